The van der Waals surface area contributed by atoms with Gasteiger partial charge in [0.15, 0.2) is 0 Å². The summed E-state index contributed by atoms with van der Waals surface area (Å²) in [6.07, 6.45) is 2.34. The smallest absolute Gasteiger partial charge is 0.307 e. The molecule has 0 N–H and O–H groups in total. The number of alkyl halides is 3. The molecule has 0 fully saturated rings. The number of nitrogens with zero attached hydrogens (tertiary/aromatic N) is 8. The second kappa shape index (κ2) is 23.2. The van der Waals surface area contributed by atoms with E-state index in [-0.39, 0.29) is 22.3 Å². The Bertz CT molecular complexity index is 5470. The van der Waals surface area contributed by atoms with Gasteiger partial charge in [0.2, 0.25) is 0 Å². The first-order valence-electron chi connectivity index (χ1n) is 30.6. The van der Waals surface area contributed by atoms with Crippen LogP contribution in [0.2, 0.25) is 0 Å². The largest absolute Gasteiger partial charge is 0.416 e. The highest BCUT2D eigenvalue weighted by atomic mass is 19.4. The minimum absolute atomic E-state index is 0.0467. The summed E-state index contributed by atoms with van der Waals surface area (Å²) in [6, 6.07) is 93.1. The Balaban J connectivity index is 1.07. The minimum Gasteiger partial charge on any atom is -0.307 e. The predicted octanol–water partition coefficient (Wildman–Crippen LogP) is 21.2. The van der Waals surface area contributed by atoms with Crippen molar-refractivity contribution in [3.8, 4) is 124 Å². The summed E-state index contributed by atoms with van der Waals surface area (Å²) in [5, 5.41) is 25.7. The third-order valence-electron chi connectivity index (χ3n) is 17.6. The molecule has 10 aromatic carbocycles. The van der Waals surface area contributed by atoms with Crippen molar-refractivity contribution >= 4 is 43.6 Å². The van der Waals surface area contributed by atoms with Crippen molar-refractivity contribution in [1.29, 1.82) is 10.5 Å². The van der Waals surface area contributed by atoms with Crippen molar-refractivity contribution in [2.45, 2.75) is 6.18 Å². The molecule has 0 saturated heterocycles. The van der Waals surface area contributed by atoms with Gasteiger partial charge in [-0.1, -0.05) is 194 Å². The summed E-state index contributed by atoms with van der Waals surface area (Å²) in [6.45, 7) is 0. The zero-order chi connectivity index (χ0) is 63.4. The Hall–Kier alpha value is -12.8. The van der Waals surface area contributed by atoms with Gasteiger partial charge in [0.05, 0.1) is 85.0 Å². The maximum absolute atomic E-state index is 15.2. The van der Waals surface area contributed by atoms with Crippen molar-refractivity contribution in [1.82, 2.24) is 29.1 Å². The van der Waals surface area contributed by atoms with Gasteiger partial charge >= 0.3 is 6.18 Å². The van der Waals surface area contributed by atoms with E-state index in [0.29, 0.717) is 11.4 Å². The van der Waals surface area contributed by atoms with Crippen molar-refractivity contribution in [3.63, 3.8) is 0 Å². The van der Waals surface area contributed by atoms with Gasteiger partial charge in [-0.05, 0) is 107 Å². The Morgan fingerprint density at radius 2 is 0.617 bits per heavy atom. The average Bonchev–Trinajstić information content (AvgIpc) is 1.54. The Morgan fingerprint density at radius 1 is 0.287 bits per heavy atom. The fourth-order valence-electron chi connectivity index (χ4n) is 13.4. The molecule has 8 nitrogen and oxygen atoms in total. The van der Waals surface area contributed by atoms with Crippen LogP contribution in [0.15, 0.2) is 298 Å². The maximum atomic E-state index is 15.2. The Morgan fingerprint density at radius 3 is 0.926 bits per heavy atom. The van der Waals surface area contributed by atoms with Crippen LogP contribution in [0.4, 0.5) is 13.2 Å². The molecule has 0 radical (unpaired) electrons. The van der Waals surface area contributed by atoms with Gasteiger partial charge in [-0.25, -0.2) is 0 Å². The summed E-state index contributed by atoms with van der Waals surface area (Å²) in [5.41, 5.74) is 17.1. The molecule has 6 aromatic heterocycles. The molecule has 0 aliphatic heterocycles. The van der Waals surface area contributed by atoms with Crippen molar-refractivity contribution in [2.75, 3.05) is 0 Å². The molecule has 0 aliphatic carbocycles. The van der Waals surface area contributed by atoms with Crippen LogP contribution >= 0.6 is 0 Å². The predicted molar refractivity (Wildman–Crippen MR) is 370 cm³/mol. The topological polar surface area (TPSA) is 109 Å². The lowest BCUT2D eigenvalue weighted by Crippen LogP contribution is -2.07. The number of hydrogen-bond donors (Lipinski definition) is 0. The minimum atomic E-state index is -4.83. The Kier molecular flexibility index (Phi) is 13.9. The molecule has 6 heterocycles. The molecule has 0 atom stereocenters. The van der Waals surface area contributed by atoms with Crippen LogP contribution < -0.4 is 0 Å². The van der Waals surface area contributed by atoms with Crippen molar-refractivity contribution in [3.05, 3.63) is 314 Å². The van der Waals surface area contributed by atoms with Gasteiger partial charge in [0.25, 0.3) is 0 Å². The third-order valence-corrected chi connectivity index (χ3v) is 17.6. The number of nitriles is 2. The van der Waals surface area contributed by atoms with Crippen LogP contribution in [0, 0.1) is 22.7 Å². The SMILES string of the molecule is N#Cc1cc(-c2cc(-n3c4cc(-c5cccnc5-c5ccccc5)ccc4c4ccc(-c5cccnc5-c5ccccc5)cc43)c(-n3c4cc(-c5cccnc5-c5ccccc5)ccc4c4ccc(-c5cccnc5-c5ccccc5)cc43)cc2C#N)cc(C(F)(F)F)c1. The molecular weight excluding hydrogens is 1170 g/mol. The van der Waals surface area contributed by atoms with E-state index in [1.165, 1.54) is 6.07 Å². The van der Waals surface area contributed by atoms with Gasteiger partial charge in [0.1, 0.15) is 0 Å². The van der Waals surface area contributed by atoms with Crippen molar-refractivity contribution < 1.29 is 13.2 Å². The fourth-order valence-corrected chi connectivity index (χ4v) is 13.4. The summed E-state index contributed by atoms with van der Waals surface area (Å²) in [5.74, 6) is 0. The Labute approximate surface area is 538 Å². The summed E-state index contributed by atoms with van der Waals surface area (Å²) in [4.78, 5) is 19.8. The van der Waals surface area contributed by atoms with Gasteiger partial charge in [-0.15, -0.1) is 0 Å². The first kappa shape index (κ1) is 56.4. The van der Waals surface area contributed by atoms with Gasteiger partial charge < -0.3 is 9.13 Å². The lowest BCUT2D eigenvalue weighted by molar-refractivity contribution is -0.137. The molecule has 0 saturated carbocycles. The zero-order valence-corrected chi connectivity index (χ0v) is 50.0. The second-order valence-electron chi connectivity index (χ2n) is 23.1. The molecule has 11 heteroatoms. The van der Waals surface area contributed by atoms with E-state index in [1.54, 1.807) is 30.9 Å². The van der Waals surface area contributed by atoms with E-state index in [4.69, 9.17) is 19.9 Å². The molecule has 0 aliphatic rings. The molecular formula is C83H49F3N8. The second-order valence-corrected chi connectivity index (χ2v) is 23.1. The molecule has 94 heavy (non-hydrogen) atoms. The van der Waals surface area contributed by atoms with Gasteiger partial charge in [0, 0.05) is 96.4 Å². The molecule has 0 amide bonds. The van der Waals surface area contributed by atoms with Crippen LogP contribution in [0.3, 0.4) is 0 Å². The number of aromatic nitrogens is 6. The van der Waals surface area contributed by atoms with Crippen LogP contribution in [0.1, 0.15) is 16.7 Å². The highest BCUT2D eigenvalue weighted by molar-refractivity contribution is 6.14. The van der Waals surface area contributed by atoms with E-state index in [0.717, 1.165) is 145 Å². The molecule has 442 valence electrons. The highest BCUT2D eigenvalue weighted by Gasteiger charge is 2.33. The molecule has 0 spiro atoms. The first-order valence-corrected chi connectivity index (χ1v) is 30.6. The van der Waals surface area contributed by atoms with Crippen LogP contribution in [0.25, 0.3) is 156 Å². The number of rotatable bonds is 11. The van der Waals surface area contributed by atoms with Crippen molar-refractivity contribution in [2.24, 2.45) is 0 Å². The van der Waals surface area contributed by atoms with Gasteiger partial charge in [-0.3, -0.25) is 19.9 Å². The molecule has 0 bridgehead atoms. The molecule has 16 rings (SSSR count). The number of fused-ring (bicyclic) bond motifs is 6. The quantitative estimate of drug-likeness (QED) is 0.128. The highest BCUT2D eigenvalue weighted by Crippen LogP contribution is 2.47. The number of benzene rings is 10. The number of pyridine rings is 4. The first-order chi connectivity index (χ1) is 46.2. The fraction of sp³-hybridized carbons (Fsp3) is 0.0120. The number of hydrogen-bond acceptors (Lipinski definition) is 6. The summed E-state index contributed by atoms with van der Waals surface area (Å²) >= 11 is 0. The van der Waals surface area contributed by atoms with Gasteiger partial charge in [-0.2, -0.15) is 23.7 Å². The van der Waals surface area contributed by atoms with E-state index in [2.05, 4.69) is 112 Å². The molecule has 16 aromatic rings. The monoisotopic (exact) mass is 1210 g/mol. The lowest BCUT2D eigenvalue weighted by Gasteiger charge is -2.21. The van der Waals surface area contributed by atoms with E-state index >= 15 is 13.2 Å². The van der Waals surface area contributed by atoms with E-state index in [9.17, 15) is 10.5 Å². The number of halogens is 3. The van der Waals surface area contributed by atoms with Crippen LogP contribution in [0.5, 0.6) is 0 Å². The summed E-state index contributed by atoms with van der Waals surface area (Å²) < 4.78 is 49.9. The zero-order valence-electron chi connectivity index (χ0n) is 50.0. The molecule has 0 unspecified atom stereocenters. The van der Waals surface area contributed by atoms with Crippen LogP contribution in [-0.2, 0) is 6.18 Å². The normalized spacial score (nSPS) is 11.5. The van der Waals surface area contributed by atoms with E-state index < -0.39 is 11.7 Å². The van der Waals surface area contributed by atoms with Crippen LogP contribution in [-0.4, -0.2) is 29.1 Å². The average molecular weight is 1220 g/mol. The standard InChI is InChI=1S/C83H49F3N8/c84-83(85,86)63-42-52(50-87)41-61(43-63)72-49-78(94-75-46-59(66-27-15-39-91-81(66)55-21-9-3-10-22-55)31-35-70(75)71-36-32-60(47-76(71)94)67-28-16-40-92-82(67)56-23-11-4-12-24-56)77(48-62(72)51-88)93-73-44-57(64-25-13-37-89-79(64)53-17-5-1-6-18-53)29-33-68(73)69-34-30-58(45-74(69)93)65-26-14-38-90-80(65)54-19-7-2-8-20-54/h1-49H. The lowest BCUT2D eigenvalue weighted by atomic mass is 9.94. The third kappa shape index (κ3) is 9.89. The van der Waals surface area contributed by atoms with E-state index in [1.807, 2.05) is 158 Å². The maximum Gasteiger partial charge on any atom is 0.416 e. The summed E-state index contributed by atoms with van der Waals surface area (Å²) in [7, 11) is 0.